The van der Waals surface area contributed by atoms with E-state index < -0.39 is 6.10 Å². The molecule has 0 aromatic heterocycles. The Hall–Kier alpha value is -2.46. The average Bonchev–Trinajstić information content (AvgIpc) is 3.15. The molecule has 4 nitrogen and oxygen atoms in total. The fourth-order valence-electron chi connectivity index (χ4n) is 3.99. The molecular weight excluding hydrogens is 314 g/mol. The van der Waals surface area contributed by atoms with Gasteiger partial charge in [-0.15, -0.1) is 0 Å². The van der Waals surface area contributed by atoms with Crippen LogP contribution < -0.4 is 0 Å². The van der Waals surface area contributed by atoms with E-state index >= 15 is 0 Å². The lowest BCUT2D eigenvalue weighted by Crippen LogP contribution is -2.37. The molecule has 4 heteroatoms. The number of rotatable bonds is 5. The summed E-state index contributed by atoms with van der Waals surface area (Å²) in [6.07, 6.45) is 2.93. The third-order valence-electron chi connectivity index (χ3n) is 5.32. The smallest absolute Gasteiger partial charge is 0.261 e. The van der Waals surface area contributed by atoms with Gasteiger partial charge in [0.1, 0.15) is 0 Å². The molecule has 2 amide bonds. The van der Waals surface area contributed by atoms with E-state index in [1.807, 2.05) is 0 Å². The molecule has 0 fully saturated rings. The standard InChI is InChI=1S/C21H21NO3/c23-17(10-9-14-11-15-5-1-2-6-16(15)12-14)13-22-20(24)18-7-3-4-8-19(18)21(22)25/h1-8,14,17,23H,9-13H2. The Morgan fingerprint density at radius 1 is 0.920 bits per heavy atom. The maximum absolute atomic E-state index is 12.3. The molecule has 25 heavy (non-hydrogen) atoms. The lowest BCUT2D eigenvalue weighted by Gasteiger charge is -2.19. The molecular formula is C21H21NO3. The van der Waals surface area contributed by atoms with Crippen LogP contribution in [0.3, 0.4) is 0 Å². The van der Waals surface area contributed by atoms with Crippen molar-refractivity contribution in [1.29, 1.82) is 0 Å². The molecule has 1 unspecified atom stereocenters. The van der Waals surface area contributed by atoms with Crippen LogP contribution >= 0.6 is 0 Å². The van der Waals surface area contributed by atoms with Gasteiger partial charge in [-0.3, -0.25) is 14.5 Å². The number of hydrogen-bond acceptors (Lipinski definition) is 3. The van der Waals surface area contributed by atoms with Crippen molar-refractivity contribution in [1.82, 2.24) is 4.90 Å². The van der Waals surface area contributed by atoms with Gasteiger partial charge in [0.25, 0.3) is 11.8 Å². The van der Waals surface area contributed by atoms with Gasteiger partial charge in [0, 0.05) is 0 Å². The van der Waals surface area contributed by atoms with Crippen LogP contribution in [0.25, 0.3) is 0 Å². The number of β-amino-alcohol motifs (C(OH)–C–C–N with tert-alkyl or cyclic N) is 1. The highest BCUT2D eigenvalue weighted by Gasteiger charge is 2.36. The van der Waals surface area contributed by atoms with Gasteiger partial charge in [-0.1, -0.05) is 36.4 Å². The van der Waals surface area contributed by atoms with Crippen LogP contribution in [-0.4, -0.2) is 34.5 Å². The minimum absolute atomic E-state index is 0.0754. The predicted molar refractivity (Wildman–Crippen MR) is 94.4 cm³/mol. The van der Waals surface area contributed by atoms with Crippen molar-refractivity contribution in [3.63, 3.8) is 0 Å². The Bertz CT molecular complexity index is 769. The van der Waals surface area contributed by atoms with Gasteiger partial charge >= 0.3 is 0 Å². The molecule has 2 aromatic rings. The predicted octanol–water partition coefficient (Wildman–Crippen LogP) is 2.84. The first-order chi connectivity index (χ1) is 12.1. The Morgan fingerprint density at radius 3 is 2.00 bits per heavy atom. The van der Waals surface area contributed by atoms with Gasteiger partial charge in [-0.25, -0.2) is 0 Å². The van der Waals surface area contributed by atoms with E-state index in [0.29, 0.717) is 23.5 Å². The van der Waals surface area contributed by atoms with Crippen molar-refractivity contribution >= 4 is 11.8 Å². The molecule has 1 aliphatic heterocycles. The average molecular weight is 335 g/mol. The fourth-order valence-corrected chi connectivity index (χ4v) is 3.99. The van der Waals surface area contributed by atoms with E-state index in [1.165, 1.54) is 16.0 Å². The first kappa shape index (κ1) is 16.0. The molecule has 0 saturated carbocycles. The van der Waals surface area contributed by atoms with Crippen LogP contribution in [0.2, 0.25) is 0 Å². The molecule has 4 rings (SSSR count). The van der Waals surface area contributed by atoms with Crippen LogP contribution in [0.4, 0.5) is 0 Å². The van der Waals surface area contributed by atoms with Crippen LogP contribution in [0.1, 0.15) is 44.7 Å². The number of imide groups is 1. The van der Waals surface area contributed by atoms with Gasteiger partial charge < -0.3 is 5.11 Å². The number of aliphatic hydroxyl groups is 1. The van der Waals surface area contributed by atoms with Crippen LogP contribution in [0.5, 0.6) is 0 Å². The van der Waals surface area contributed by atoms with Gasteiger partial charge in [0.05, 0.1) is 23.8 Å². The monoisotopic (exact) mass is 335 g/mol. The van der Waals surface area contributed by atoms with E-state index in [-0.39, 0.29) is 18.4 Å². The van der Waals surface area contributed by atoms with Gasteiger partial charge in [0.2, 0.25) is 0 Å². The summed E-state index contributed by atoms with van der Waals surface area (Å²) in [5.41, 5.74) is 3.68. The molecule has 1 atom stereocenters. The van der Waals surface area contributed by atoms with E-state index in [0.717, 1.165) is 19.3 Å². The fraction of sp³-hybridized carbons (Fsp3) is 0.333. The van der Waals surface area contributed by atoms with E-state index in [9.17, 15) is 14.7 Å². The third-order valence-corrected chi connectivity index (χ3v) is 5.32. The normalized spacial score (nSPS) is 17.7. The highest BCUT2D eigenvalue weighted by atomic mass is 16.3. The molecule has 128 valence electrons. The molecule has 2 aromatic carbocycles. The SMILES string of the molecule is O=C1c2ccccc2C(=O)N1CC(O)CCC1Cc2ccccc2C1. The zero-order valence-electron chi connectivity index (χ0n) is 14.0. The largest absolute Gasteiger partial charge is 0.391 e. The Labute approximate surface area is 147 Å². The molecule has 1 aliphatic carbocycles. The van der Waals surface area contributed by atoms with E-state index in [2.05, 4.69) is 24.3 Å². The Balaban J connectivity index is 1.33. The number of aliphatic hydroxyl groups excluding tert-OH is 1. The molecule has 1 heterocycles. The topological polar surface area (TPSA) is 57.6 Å². The zero-order chi connectivity index (χ0) is 17.4. The number of hydrogen-bond donors (Lipinski definition) is 1. The van der Waals surface area contributed by atoms with Crippen molar-refractivity contribution in [2.45, 2.75) is 31.8 Å². The van der Waals surface area contributed by atoms with E-state index in [4.69, 9.17) is 0 Å². The summed E-state index contributed by atoms with van der Waals surface area (Å²) in [7, 11) is 0. The quantitative estimate of drug-likeness (QED) is 0.855. The van der Waals surface area contributed by atoms with Crippen molar-refractivity contribution in [3.05, 3.63) is 70.8 Å². The second-order valence-electron chi connectivity index (χ2n) is 7.04. The summed E-state index contributed by atoms with van der Waals surface area (Å²) in [6.45, 7) is 0.0754. The third kappa shape index (κ3) is 2.98. The minimum atomic E-state index is -0.675. The van der Waals surface area contributed by atoms with Crippen LogP contribution in [-0.2, 0) is 12.8 Å². The maximum atomic E-state index is 12.3. The summed E-state index contributed by atoms with van der Waals surface area (Å²) in [5.74, 6) is -0.0601. The number of benzene rings is 2. The van der Waals surface area contributed by atoms with Crippen LogP contribution in [0, 0.1) is 5.92 Å². The van der Waals surface area contributed by atoms with E-state index in [1.54, 1.807) is 24.3 Å². The molecule has 0 radical (unpaired) electrons. The molecule has 0 saturated heterocycles. The highest BCUT2D eigenvalue weighted by Crippen LogP contribution is 2.30. The Morgan fingerprint density at radius 2 is 1.44 bits per heavy atom. The summed E-state index contributed by atoms with van der Waals surface area (Å²) < 4.78 is 0. The van der Waals surface area contributed by atoms with Gasteiger partial charge in [-0.2, -0.15) is 0 Å². The summed E-state index contributed by atoms with van der Waals surface area (Å²) in [6, 6.07) is 15.3. The number of carbonyl (C=O) groups is 2. The summed E-state index contributed by atoms with van der Waals surface area (Å²) >= 11 is 0. The minimum Gasteiger partial charge on any atom is -0.391 e. The molecule has 2 aliphatic rings. The van der Waals surface area contributed by atoms with Crippen molar-refractivity contribution in [3.8, 4) is 0 Å². The van der Waals surface area contributed by atoms with Crippen LogP contribution in [0.15, 0.2) is 48.5 Å². The first-order valence-electron chi connectivity index (χ1n) is 8.83. The maximum Gasteiger partial charge on any atom is 0.261 e. The lowest BCUT2D eigenvalue weighted by molar-refractivity contribution is 0.0525. The van der Waals surface area contributed by atoms with Crippen molar-refractivity contribution in [2.75, 3.05) is 6.54 Å². The highest BCUT2D eigenvalue weighted by molar-refractivity contribution is 6.21. The van der Waals surface area contributed by atoms with Gasteiger partial charge in [0.15, 0.2) is 0 Å². The Kier molecular flexibility index (Phi) is 4.14. The second kappa shape index (κ2) is 6.45. The first-order valence-corrected chi connectivity index (χ1v) is 8.83. The summed E-state index contributed by atoms with van der Waals surface area (Å²) in [4.78, 5) is 25.9. The zero-order valence-corrected chi connectivity index (χ0v) is 14.0. The number of fused-ring (bicyclic) bond motifs is 2. The van der Waals surface area contributed by atoms with Crippen molar-refractivity contribution in [2.24, 2.45) is 5.92 Å². The van der Waals surface area contributed by atoms with Gasteiger partial charge in [-0.05, 0) is 54.9 Å². The second-order valence-corrected chi connectivity index (χ2v) is 7.04. The molecule has 0 spiro atoms. The number of nitrogens with zero attached hydrogens (tertiary/aromatic N) is 1. The molecule has 1 N–H and O–H groups in total. The molecule has 0 bridgehead atoms. The lowest BCUT2D eigenvalue weighted by atomic mass is 9.98. The summed E-state index contributed by atoms with van der Waals surface area (Å²) in [5, 5.41) is 10.4. The number of amides is 2. The van der Waals surface area contributed by atoms with Crippen molar-refractivity contribution < 1.29 is 14.7 Å². The number of carbonyl (C=O) groups excluding carboxylic acids is 2.